The minimum Gasteiger partial charge on any atom is -0.466 e. The molecule has 6 nitrogen and oxygen atoms in total. The molecule has 2 rings (SSSR count). The van der Waals surface area contributed by atoms with E-state index in [-0.39, 0.29) is 23.8 Å². The third-order valence-electron chi connectivity index (χ3n) is 6.59. The number of hydrogen-bond acceptors (Lipinski definition) is 6. The number of carbonyl (C=O) groups is 2. The Morgan fingerprint density at radius 2 is 0.938 bits per heavy atom. The van der Waals surface area contributed by atoms with Crippen LogP contribution in [0.2, 0.25) is 0 Å². The fourth-order valence-corrected chi connectivity index (χ4v) is 4.24. The van der Waals surface area contributed by atoms with Gasteiger partial charge < -0.3 is 18.9 Å². The average Bonchev–Trinajstić information content (AvgIpc) is 2.80. The van der Waals surface area contributed by atoms with E-state index in [1.807, 2.05) is 13.8 Å². The summed E-state index contributed by atoms with van der Waals surface area (Å²) in [6, 6.07) is 0. The van der Waals surface area contributed by atoms with Crippen molar-refractivity contribution in [3.63, 3.8) is 0 Å². The first-order valence-corrected chi connectivity index (χ1v) is 13.0. The molecule has 0 aromatic carbocycles. The molecule has 32 heavy (non-hydrogen) atoms. The van der Waals surface area contributed by atoms with E-state index in [1.54, 1.807) is 0 Å². The monoisotopic (exact) mass is 456 g/mol. The maximum Gasteiger partial charge on any atom is 0.308 e. The Morgan fingerprint density at radius 1 is 0.625 bits per heavy atom. The van der Waals surface area contributed by atoms with Gasteiger partial charge in [-0.15, -0.1) is 0 Å². The molecular weight excluding hydrogens is 408 g/mol. The highest BCUT2D eigenvalue weighted by molar-refractivity contribution is 5.72. The molecule has 0 amide bonds. The van der Waals surface area contributed by atoms with Gasteiger partial charge in [-0.25, -0.2) is 0 Å². The number of carbonyl (C=O) groups excluding carboxylic acids is 2. The van der Waals surface area contributed by atoms with Gasteiger partial charge in [-0.05, 0) is 91.9 Å². The molecule has 2 saturated carbocycles. The summed E-state index contributed by atoms with van der Waals surface area (Å²) in [5.41, 5.74) is 0. The van der Waals surface area contributed by atoms with Gasteiger partial charge in [-0.3, -0.25) is 9.59 Å². The molecule has 0 N–H and O–H groups in total. The Balaban J connectivity index is 0.000000320. The second kappa shape index (κ2) is 16.5. The van der Waals surface area contributed by atoms with Gasteiger partial charge in [0.15, 0.2) is 0 Å². The SMILES string of the molecule is CCOC(=O)[C@H]1CC[C@@H](OC(C)CC)CC1.CCOC(=O)[C@H]1CC[C@H](OC(C)CC)CC1. The second-order valence-electron chi connectivity index (χ2n) is 9.16. The van der Waals surface area contributed by atoms with E-state index in [0.29, 0.717) is 37.6 Å². The summed E-state index contributed by atoms with van der Waals surface area (Å²) in [6.07, 6.45) is 11.1. The fraction of sp³-hybridized carbons (Fsp3) is 0.923. The maximum atomic E-state index is 11.5. The largest absolute Gasteiger partial charge is 0.466 e. The van der Waals surface area contributed by atoms with E-state index in [4.69, 9.17) is 18.9 Å². The van der Waals surface area contributed by atoms with E-state index in [2.05, 4.69) is 27.7 Å². The molecule has 2 aliphatic carbocycles. The van der Waals surface area contributed by atoms with Gasteiger partial charge in [0.2, 0.25) is 0 Å². The average molecular weight is 457 g/mol. The lowest BCUT2D eigenvalue weighted by Gasteiger charge is -2.29. The van der Waals surface area contributed by atoms with Crippen molar-refractivity contribution < 1.29 is 28.5 Å². The lowest BCUT2D eigenvalue weighted by Crippen LogP contribution is -2.29. The molecule has 2 unspecified atom stereocenters. The van der Waals surface area contributed by atoms with E-state index in [0.717, 1.165) is 64.2 Å². The first-order chi connectivity index (χ1) is 15.3. The molecule has 0 saturated heterocycles. The highest BCUT2D eigenvalue weighted by Gasteiger charge is 2.29. The van der Waals surface area contributed by atoms with Crippen LogP contribution >= 0.6 is 0 Å². The van der Waals surface area contributed by atoms with Crippen molar-refractivity contribution in [2.45, 2.75) is 130 Å². The van der Waals surface area contributed by atoms with Gasteiger partial charge in [-0.2, -0.15) is 0 Å². The van der Waals surface area contributed by atoms with E-state index in [9.17, 15) is 9.59 Å². The Morgan fingerprint density at radius 3 is 1.19 bits per heavy atom. The molecule has 188 valence electrons. The number of esters is 2. The third kappa shape index (κ3) is 11.1. The predicted octanol–water partition coefficient (Wildman–Crippen LogP) is 5.85. The first-order valence-electron chi connectivity index (χ1n) is 13.0. The lowest BCUT2D eigenvalue weighted by atomic mass is 9.87. The fourth-order valence-electron chi connectivity index (χ4n) is 4.24. The van der Waals surface area contributed by atoms with Gasteiger partial charge >= 0.3 is 11.9 Å². The summed E-state index contributed by atoms with van der Waals surface area (Å²) in [4.78, 5) is 23.0. The van der Waals surface area contributed by atoms with Crippen LogP contribution in [0.25, 0.3) is 0 Å². The lowest BCUT2D eigenvalue weighted by molar-refractivity contribution is -0.151. The molecule has 0 radical (unpaired) electrons. The van der Waals surface area contributed by atoms with Gasteiger partial charge in [-0.1, -0.05) is 13.8 Å². The van der Waals surface area contributed by atoms with Crippen molar-refractivity contribution >= 4 is 11.9 Å². The van der Waals surface area contributed by atoms with Crippen molar-refractivity contribution in [1.29, 1.82) is 0 Å². The van der Waals surface area contributed by atoms with Crippen molar-refractivity contribution in [2.24, 2.45) is 11.8 Å². The van der Waals surface area contributed by atoms with Crippen LogP contribution < -0.4 is 0 Å². The second-order valence-corrected chi connectivity index (χ2v) is 9.16. The molecular formula is C26H48O6. The Hall–Kier alpha value is -1.14. The van der Waals surface area contributed by atoms with Crippen molar-refractivity contribution in [1.82, 2.24) is 0 Å². The van der Waals surface area contributed by atoms with Gasteiger partial charge in [0.25, 0.3) is 0 Å². The van der Waals surface area contributed by atoms with Crippen LogP contribution in [-0.4, -0.2) is 49.6 Å². The Labute approximate surface area is 196 Å². The summed E-state index contributed by atoms with van der Waals surface area (Å²) in [7, 11) is 0. The molecule has 2 atom stereocenters. The summed E-state index contributed by atoms with van der Waals surface area (Å²) in [5.74, 6) is 0.169. The van der Waals surface area contributed by atoms with Crippen LogP contribution in [0.15, 0.2) is 0 Å². The minimum absolute atomic E-state index is 0.0236. The van der Waals surface area contributed by atoms with Crippen molar-refractivity contribution in [3.8, 4) is 0 Å². The third-order valence-corrected chi connectivity index (χ3v) is 6.59. The highest BCUT2D eigenvalue weighted by Crippen LogP contribution is 2.29. The van der Waals surface area contributed by atoms with Gasteiger partial charge in [0.1, 0.15) is 0 Å². The molecule has 0 aromatic heterocycles. The van der Waals surface area contributed by atoms with Gasteiger partial charge in [0.05, 0.1) is 49.5 Å². The zero-order valence-electron chi connectivity index (χ0n) is 21.4. The van der Waals surface area contributed by atoms with E-state index in [1.165, 1.54) is 0 Å². The maximum absolute atomic E-state index is 11.5. The Bertz CT molecular complexity index is 460. The smallest absolute Gasteiger partial charge is 0.308 e. The van der Waals surface area contributed by atoms with Gasteiger partial charge in [0, 0.05) is 0 Å². The summed E-state index contributed by atoms with van der Waals surface area (Å²) in [6.45, 7) is 13.2. The molecule has 0 spiro atoms. The zero-order valence-corrected chi connectivity index (χ0v) is 21.4. The number of ether oxygens (including phenoxy) is 4. The van der Waals surface area contributed by atoms with Crippen LogP contribution in [0.3, 0.4) is 0 Å². The van der Waals surface area contributed by atoms with Crippen LogP contribution in [0, 0.1) is 11.8 Å². The molecule has 2 fully saturated rings. The van der Waals surface area contributed by atoms with Crippen molar-refractivity contribution in [3.05, 3.63) is 0 Å². The molecule has 0 heterocycles. The first kappa shape index (κ1) is 28.9. The molecule has 6 heteroatoms. The van der Waals surface area contributed by atoms with E-state index >= 15 is 0 Å². The quantitative estimate of drug-likeness (QED) is 0.384. The van der Waals surface area contributed by atoms with Crippen LogP contribution in [0.4, 0.5) is 0 Å². The molecule has 0 aromatic rings. The number of rotatable bonds is 10. The number of hydrogen-bond donors (Lipinski definition) is 0. The zero-order chi connectivity index (χ0) is 23.9. The topological polar surface area (TPSA) is 71.1 Å². The molecule has 2 aliphatic rings. The minimum atomic E-state index is -0.0236. The van der Waals surface area contributed by atoms with Crippen LogP contribution in [0.5, 0.6) is 0 Å². The Kier molecular flexibility index (Phi) is 14.9. The van der Waals surface area contributed by atoms with Crippen LogP contribution in [0.1, 0.15) is 106 Å². The highest BCUT2D eigenvalue weighted by atomic mass is 16.5. The van der Waals surface area contributed by atoms with Crippen molar-refractivity contribution in [2.75, 3.05) is 13.2 Å². The summed E-state index contributed by atoms with van der Waals surface area (Å²) < 4.78 is 21.8. The van der Waals surface area contributed by atoms with E-state index < -0.39 is 0 Å². The standard InChI is InChI=1S/2C13H24O3/c2*1-4-10(3)16-12-8-6-11(7-9-12)13(14)15-5-2/h2*10-12H,4-9H2,1-3H3/t10?,11-,12+;10?,11-,12-. The normalized spacial score (nSPS) is 27.4. The predicted molar refractivity (Wildman–Crippen MR) is 126 cm³/mol. The summed E-state index contributed by atoms with van der Waals surface area (Å²) in [5, 5.41) is 0. The van der Waals surface area contributed by atoms with Crippen LogP contribution in [-0.2, 0) is 28.5 Å². The molecule has 0 aliphatic heterocycles. The summed E-state index contributed by atoms with van der Waals surface area (Å²) >= 11 is 0. The molecule has 0 bridgehead atoms.